The van der Waals surface area contributed by atoms with Crippen molar-refractivity contribution in [1.82, 2.24) is 0 Å². The Hall–Kier alpha value is -3.59. The first-order valence-corrected chi connectivity index (χ1v) is 9.92. The molecule has 0 aliphatic rings. The van der Waals surface area contributed by atoms with Crippen LogP contribution < -0.4 is 5.32 Å². The SMILES string of the molecule is CC(CCO)Nc1ccc(N=Nc2ccc(N=Nc3ccc(C(F)(F)F)cc3)cc2)cc1. The summed E-state index contributed by atoms with van der Waals surface area (Å²) in [5.41, 5.74) is 2.39. The zero-order chi connectivity index (χ0) is 23.0. The van der Waals surface area contributed by atoms with E-state index in [1.165, 1.54) is 12.1 Å². The van der Waals surface area contributed by atoms with Crippen LogP contribution in [0.2, 0.25) is 0 Å². The molecule has 0 bridgehead atoms. The average molecular weight is 441 g/mol. The van der Waals surface area contributed by atoms with E-state index in [0.717, 1.165) is 17.8 Å². The monoisotopic (exact) mass is 441 g/mol. The zero-order valence-electron chi connectivity index (χ0n) is 17.3. The summed E-state index contributed by atoms with van der Waals surface area (Å²) in [5, 5.41) is 28.6. The standard InChI is InChI=1S/C23H22F3N5O/c1-16(14-15-32)27-18-6-8-20(9-7-18)29-31-22-12-10-21(11-13-22)30-28-19-4-2-17(3-5-19)23(24,25)26/h2-13,16,27,32H,14-15H2,1H3. The van der Waals surface area contributed by atoms with Crippen LogP contribution in [0.1, 0.15) is 18.9 Å². The van der Waals surface area contributed by atoms with Gasteiger partial charge in [0.2, 0.25) is 0 Å². The number of azo groups is 2. The molecule has 0 aromatic heterocycles. The Morgan fingerprint density at radius 2 is 1.09 bits per heavy atom. The fourth-order valence-electron chi connectivity index (χ4n) is 2.71. The highest BCUT2D eigenvalue weighted by atomic mass is 19.4. The highest BCUT2D eigenvalue weighted by Crippen LogP contribution is 2.31. The van der Waals surface area contributed by atoms with Crippen molar-refractivity contribution in [2.45, 2.75) is 25.6 Å². The molecule has 2 N–H and O–H groups in total. The summed E-state index contributed by atoms with van der Waals surface area (Å²) in [7, 11) is 0. The molecule has 6 nitrogen and oxygen atoms in total. The van der Waals surface area contributed by atoms with Crippen molar-refractivity contribution in [3.63, 3.8) is 0 Å². The summed E-state index contributed by atoms with van der Waals surface area (Å²) in [5.74, 6) is 0. The van der Waals surface area contributed by atoms with Gasteiger partial charge in [-0.1, -0.05) is 0 Å². The van der Waals surface area contributed by atoms with E-state index in [1.807, 2.05) is 31.2 Å². The number of aliphatic hydroxyl groups is 1. The molecule has 3 aromatic carbocycles. The fraction of sp³-hybridized carbons (Fsp3) is 0.217. The quantitative estimate of drug-likeness (QED) is 0.351. The lowest BCUT2D eigenvalue weighted by atomic mass is 10.2. The Kier molecular flexibility index (Phi) is 7.67. The predicted molar refractivity (Wildman–Crippen MR) is 117 cm³/mol. The smallest absolute Gasteiger partial charge is 0.396 e. The summed E-state index contributed by atoms with van der Waals surface area (Å²) < 4.78 is 37.8. The van der Waals surface area contributed by atoms with Crippen molar-refractivity contribution in [2.24, 2.45) is 20.5 Å². The second kappa shape index (κ2) is 10.6. The first kappa shape index (κ1) is 23.1. The molecule has 166 valence electrons. The second-order valence-corrected chi connectivity index (χ2v) is 7.07. The summed E-state index contributed by atoms with van der Waals surface area (Å²) in [6.07, 6.45) is -3.71. The van der Waals surface area contributed by atoms with Gasteiger partial charge in [-0.05, 0) is 86.1 Å². The van der Waals surface area contributed by atoms with E-state index in [9.17, 15) is 13.2 Å². The first-order chi connectivity index (χ1) is 15.3. The van der Waals surface area contributed by atoms with Gasteiger partial charge in [-0.3, -0.25) is 0 Å². The maximum atomic E-state index is 12.6. The van der Waals surface area contributed by atoms with Crippen LogP contribution in [-0.4, -0.2) is 17.8 Å². The topological polar surface area (TPSA) is 81.7 Å². The number of hydrogen-bond donors (Lipinski definition) is 2. The number of alkyl halides is 3. The molecule has 0 saturated heterocycles. The van der Waals surface area contributed by atoms with Gasteiger partial charge < -0.3 is 10.4 Å². The van der Waals surface area contributed by atoms with Gasteiger partial charge in [-0.2, -0.15) is 33.6 Å². The lowest BCUT2D eigenvalue weighted by molar-refractivity contribution is -0.137. The molecule has 0 radical (unpaired) electrons. The highest BCUT2D eigenvalue weighted by molar-refractivity contribution is 5.52. The van der Waals surface area contributed by atoms with Crippen LogP contribution in [0.15, 0.2) is 93.3 Å². The van der Waals surface area contributed by atoms with Gasteiger partial charge in [-0.25, -0.2) is 0 Å². The minimum Gasteiger partial charge on any atom is -0.396 e. The highest BCUT2D eigenvalue weighted by Gasteiger charge is 2.29. The van der Waals surface area contributed by atoms with Crippen molar-refractivity contribution < 1.29 is 18.3 Å². The molecule has 0 spiro atoms. The summed E-state index contributed by atoms with van der Waals surface area (Å²) in [6, 6.07) is 18.9. The Labute approximate surface area is 183 Å². The van der Waals surface area contributed by atoms with Crippen LogP contribution in [0.5, 0.6) is 0 Å². The molecule has 0 aliphatic carbocycles. The van der Waals surface area contributed by atoms with Crippen LogP contribution in [-0.2, 0) is 6.18 Å². The maximum absolute atomic E-state index is 12.6. The zero-order valence-corrected chi connectivity index (χ0v) is 17.3. The van der Waals surface area contributed by atoms with Crippen molar-refractivity contribution >= 4 is 28.4 Å². The number of nitrogens with zero attached hydrogens (tertiary/aromatic N) is 4. The molecule has 0 aliphatic heterocycles. The van der Waals surface area contributed by atoms with Gasteiger partial charge >= 0.3 is 6.18 Å². The minimum atomic E-state index is -4.38. The van der Waals surface area contributed by atoms with E-state index in [2.05, 4.69) is 25.8 Å². The first-order valence-electron chi connectivity index (χ1n) is 9.92. The fourth-order valence-corrected chi connectivity index (χ4v) is 2.71. The van der Waals surface area contributed by atoms with Crippen LogP contribution >= 0.6 is 0 Å². The van der Waals surface area contributed by atoms with Gasteiger partial charge in [-0.15, -0.1) is 0 Å². The van der Waals surface area contributed by atoms with Crippen LogP contribution in [0.25, 0.3) is 0 Å². The number of anilines is 1. The molecule has 32 heavy (non-hydrogen) atoms. The van der Waals surface area contributed by atoms with Gasteiger partial charge in [0, 0.05) is 18.3 Å². The van der Waals surface area contributed by atoms with Gasteiger partial charge in [0.05, 0.1) is 28.3 Å². The average Bonchev–Trinajstić information content (AvgIpc) is 2.78. The summed E-state index contributed by atoms with van der Waals surface area (Å²) >= 11 is 0. The van der Waals surface area contributed by atoms with Crippen LogP contribution in [0.4, 0.5) is 41.6 Å². The largest absolute Gasteiger partial charge is 0.416 e. The number of rotatable bonds is 8. The maximum Gasteiger partial charge on any atom is 0.416 e. The molecule has 3 aromatic rings. The Morgan fingerprint density at radius 1 is 0.719 bits per heavy atom. The number of hydrogen-bond acceptors (Lipinski definition) is 6. The van der Waals surface area contributed by atoms with Crippen LogP contribution in [0, 0.1) is 0 Å². The van der Waals surface area contributed by atoms with E-state index in [1.54, 1.807) is 24.3 Å². The van der Waals surface area contributed by atoms with E-state index in [0.29, 0.717) is 29.2 Å². The molecule has 1 atom stereocenters. The number of halogens is 3. The van der Waals surface area contributed by atoms with Gasteiger partial charge in [0.25, 0.3) is 0 Å². The van der Waals surface area contributed by atoms with Crippen molar-refractivity contribution in [1.29, 1.82) is 0 Å². The Morgan fingerprint density at radius 3 is 1.47 bits per heavy atom. The van der Waals surface area contributed by atoms with E-state index in [-0.39, 0.29) is 12.6 Å². The lowest BCUT2D eigenvalue weighted by Gasteiger charge is -2.13. The Bertz CT molecular complexity index is 1050. The minimum absolute atomic E-state index is 0.135. The molecule has 0 fully saturated rings. The van der Waals surface area contributed by atoms with Crippen molar-refractivity contribution in [3.05, 3.63) is 78.4 Å². The van der Waals surface area contributed by atoms with E-state index in [4.69, 9.17) is 5.11 Å². The molecule has 0 heterocycles. The lowest BCUT2D eigenvalue weighted by Crippen LogP contribution is -2.16. The second-order valence-electron chi connectivity index (χ2n) is 7.07. The normalized spacial score (nSPS) is 13.0. The van der Waals surface area contributed by atoms with Crippen LogP contribution in [0.3, 0.4) is 0 Å². The molecule has 0 amide bonds. The molecular formula is C23H22F3N5O. The molecule has 3 rings (SSSR count). The van der Waals surface area contributed by atoms with E-state index < -0.39 is 11.7 Å². The number of benzene rings is 3. The van der Waals surface area contributed by atoms with E-state index >= 15 is 0 Å². The predicted octanol–water partition coefficient (Wildman–Crippen LogP) is 7.72. The van der Waals surface area contributed by atoms with Crippen molar-refractivity contribution in [2.75, 3.05) is 11.9 Å². The van der Waals surface area contributed by atoms with Gasteiger partial charge in [0.15, 0.2) is 0 Å². The molecular weight excluding hydrogens is 419 g/mol. The number of aliphatic hydroxyl groups excluding tert-OH is 1. The summed E-state index contributed by atoms with van der Waals surface area (Å²) in [6.45, 7) is 2.13. The Balaban J connectivity index is 1.57. The third-order valence-electron chi connectivity index (χ3n) is 4.45. The molecule has 0 saturated carbocycles. The van der Waals surface area contributed by atoms with Gasteiger partial charge in [0.1, 0.15) is 0 Å². The third kappa shape index (κ3) is 6.98. The van der Waals surface area contributed by atoms with Crippen molar-refractivity contribution in [3.8, 4) is 0 Å². The molecule has 1 unspecified atom stereocenters. The number of nitrogens with one attached hydrogen (secondary N) is 1. The molecule has 9 heteroatoms. The third-order valence-corrected chi connectivity index (χ3v) is 4.45. The summed E-state index contributed by atoms with van der Waals surface area (Å²) in [4.78, 5) is 0.